The molecule has 4 rings (SSSR count). The number of pyridine rings is 1. The van der Waals surface area contributed by atoms with Crippen molar-refractivity contribution >= 4 is 28.7 Å². The summed E-state index contributed by atoms with van der Waals surface area (Å²) >= 11 is 0. The van der Waals surface area contributed by atoms with Crippen LogP contribution in [-0.2, 0) is 4.74 Å². The summed E-state index contributed by atoms with van der Waals surface area (Å²) in [6.45, 7) is 11.0. The highest BCUT2D eigenvalue weighted by molar-refractivity contribution is 6.13. The number of nitrogens with one attached hydrogen (secondary N) is 3. The highest BCUT2D eigenvalue weighted by atomic mass is 19.1. The fourth-order valence-electron chi connectivity index (χ4n) is 4.67. The maximum atomic E-state index is 14.8. The van der Waals surface area contributed by atoms with E-state index < -0.39 is 5.82 Å². The molecule has 1 saturated heterocycles. The van der Waals surface area contributed by atoms with Crippen LogP contribution >= 0.6 is 0 Å². The van der Waals surface area contributed by atoms with E-state index in [9.17, 15) is 4.39 Å². The molecule has 196 valence electrons. The van der Waals surface area contributed by atoms with E-state index in [0.29, 0.717) is 23.0 Å². The molecule has 2 aromatic rings. The van der Waals surface area contributed by atoms with Crippen LogP contribution in [0.4, 0.5) is 21.8 Å². The molecule has 0 radical (unpaired) electrons. The van der Waals surface area contributed by atoms with Crippen LogP contribution in [0.3, 0.4) is 0 Å². The van der Waals surface area contributed by atoms with Gasteiger partial charge in [-0.15, -0.1) is 0 Å². The van der Waals surface area contributed by atoms with E-state index in [1.165, 1.54) is 0 Å². The average Bonchev–Trinajstić information content (AvgIpc) is 3.26. The molecule has 3 heterocycles. The molecule has 37 heavy (non-hydrogen) atoms. The molecule has 0 saturated carbocycles. The fourth-order valence-corrected chi connectivity index (χ4v) is 4.67. The summed E-state index contributed by atoms with van der Waals surface area (Å²) in [4.78, 5) is 15.4. The van der Waals surface area contributed by atoms with Crippen LogP contribution < -0.4 is 15.5 Å². The molecule has 9 heteroatoms. The third kappa shape index (κ3) is 6.05. The van der Waals surface area contributed by atoms with Gasteiger partial charge >= 0.3 is 0 Å². The Bertz CT molecular complexity index is 1220. The van der Waals surface area contributed by atoms with E-state index in [1.54, 1.807) is 18.2 Å². The summed E-state index contributed by atoms with van der Waals surface area (Å²) in [5.41, 5.74) is 3.78. The Hall–Kier alpha value is -3.59. The first-order valence-electron chi connectivity index (χ1n) is 12.8. The fraction of sp³-hybridized carbons (Fsp3) is 0.429. The minimum absolute atomic E-state index is 0.166. The van der Waals surface area contributed by atoms with Crippen molar-refractivity contribution in [2.45, 2.75) is 40.2 Å². The lowest BCUT2D eigenvalue weighted by Gasteiger charge is -2.19. The minimum atomic E-state index is -0.531. The van der Waals surface area contributed by atoms with Crippen molar-refractivity contribution in [3.05, 3.63) is 65.5 Å². The van der Waals surface area contributed by atoms with Gasteiger partial charge in [-0.05, 0) is 36.6 Å². The van der Waals surface area contributed by atoms with Gasteiger partial charge < -0.3 is 25.7 Å². The monoisotopic (exact) mass is 505 g/mol. The molecule has 2 aliphatic rings. The lowest BCUT2D eigenvalue weighted by atomic mass is 9.93. The molecule has 2 aromatic heterocycles. The number of hydrogen-bond donors (Lipinski definition) is 3. The van der Waals surface area contributed by atoms with Crippen LogP contribution in [0.2, 0.25) is 0 Å². The second-order valence-corrected chi connectivity index (χ2v) is 9.79. The lowest BCUT2D eigenvalue weighted by molar-refractivity contribution is 0.0437. The Kier molecular flexibility index (Phi) is 8.33. The first-order valence-corrected chi connectivity index (χ1v) is 12.8. The zero-order valence-corrected chi connectivity index (χ0v) is 22.2. The molecular weight excluding hydrogens is 469 g/mol. The van der Waals surface area contributed by atoms with Crippen LogP contribution in [0.1, 0.15) is 39.8 Å². The molecule has 0 amide bonds. The van der Waals surface area contributed by atoms with Crippen molar-refractivity contribution in [3.8, 4) is 0 Å². The van der Waals surface area contributed by atoms with Gasteiger partial charge in [0.05, 0.1) is 29.9 Å². The van der Waals surface area contributed by atoms with Gasteiger partial charge in [0.1, 0.15) is 11.5 Å². The predicted octanol–water partition coefficient (Wildman–Crippen LogP) is 5.11. The van der Waals surface area contributed by atoms with Gasteiger partial charge in [0, 0.05) is 49.5 Å². The van der Waals surface area contributed by atoms with Crippen molar-refractivity contribution < 1.29 is 9.13 Å². The Morgan fingerprint density at radius 2 is 2.03 bits per heavy atom. The van der Waals surface area contributed by atoms with Crippen molar-refractivity contribution in [2.24, 2.45) is 11.8 Å². The van der Waals surface area contributed by atoms with E-state index in [1.807, 2.05) is 39.2 Å². The van der Waals surface area contributed by atoms with E-state index in [2.05, 4.69) is 44.3 Å². The summed E-state index contributed by atoms with van der Waals surface area (Å²) in [7, 11) is 1.83. The second kappa shape index (κ2) is 11.6. The molecule has 3 N–H and O–H groups in total. The van der Waals surface area contributed by atoms with E-state index in [0.717, 1.165) is 49.3 Å². The Balaban J connectivity index is 1.51. The topological polar surface area (TPSA) is 99.1 Å². The first-order chi connectivity index (χ1) is 17.8. The van der Waals surface area contributed by atoms with Gasteiger partial charge in [0.2, 0.25) is 5.95 Å². The minimum Gasteiger partial charge on any atom is -0.391 e. The Morgan fingerprint density at radius 3 is 2.70 bits per heavy atom. The van der Waals surface area contributed by atoms with Crippen LogP contribution in [-0.4, -0.2) is 53.5 Å². The van der Waals surface area contributed by atoms with Crippen molar-refractivity contribution in [2.75, 3.05) is 37.0 Å². The second-order valence-electron chi connectivity index (χ2n) is 9.79. The Morgan fingerprint density at radius 1 is 1.22 bits per heavy atom. The molecule has 0 aromatic carbocycles. The largest absolute Gasteiger partial charge is 0.391 e. The van der Waals surface area contributed by atoms with Gasteiger partial charge in [-0.2, -0.15) is 0 Å². The Labute approximate surface area is 218 Å². The van der Waals surface area contributed by atoms with Gasteiger partial charge in [0.25, 0.3) is 0 Å². The number of nitrogens with zero attached hydrogens (tertiary/aromatic N) is 4. The number of rotatable bonds is 9. The van der Waals surface area contributed by atoms with E-state index >= 15 is 0 Å². The maximum Gasteiger partial charge on any atom is 0.229 e. The molecule has 2 unspecified atom stereocenters. The third-order valence-corrected chi connectivity index (χ3v) is 6.61. The molecule has 0 bridgehead atoms. The van der Waals surface area contributed by atoms with Crippen LogP contribution in [0, 0.1) is 23.1 Å². The summed E-state index contributed by atoms with van der Waals surface area (Å²) in [5, 5.41) is 14.6. The van der Waals surface area contributed by atoms with Crippen LogP contribution in [0.5, 0.6) is 0 Å². The van der Waals surface area contributed by atoms with Gasteiger partial charge in [-0.25, -0.2) is 19.3 Å². The predicted molar refractivity (Wildman–Crippen MR) is 147 cm³/mol. The molecule has 0 spiro atoms. The number of hydrogen-bond acceptors (Lipinski definition) is 8. The average molecular weight is 506 g/mol. The van der Waals surface area contributed by atoms with E-state index in [4.69, 9.17) is 10.1 Å². The molecular formula is C28H36FN7O. The van der Waals surface area contributed by atoms with Crippen molar-refractivity contribution in [1.82, 2.24) is 20.3 Å². The molecule has 1 fully saturated rings. The molecule has 1 aliphatic heterocycles. The SMILES string of the molecule is CCCOC1CN(c2ccc(Nc3ncc(F)c(C4=C/C(=C(/NC)C(C)C)C(=N)C=C4)n3)nc2)CC1C. The van der Waals surface area contributed by atoms with Crippen LogP contribution in [0.15, 0.2) is 54.0 Å². The highest BCUT2D eigenvalue weighted by Crippen LogP contribution is 2.29. The number of anilines is 3. The zero-order valence-electron chi connectivity index (χ0n) is 22.2. The summed E-state index contributed by atoms with van der Waals surface area (Å²) < 4.78 is 20.8. The lowest BCUT2D eigenvalue weighted by Crippen LogP contribution is -2.23. The molecule has 2 atom stereocenters. The van der Waals surface area contributed by atoms with Crippen LogP contribution in [0.25, 0.3) is 5.57 Å². The van der Waals surface area contributed by atoms with E-state index in [-0.39, 0.29) is 23.7 Å². The molecule has 8 nitrogen and oxygen atoms in total. The number of allylic oxidation sites excluding steroid dienone is 6. The number of ether oxygens (including phenoxy) is 1. The quantitative estimate of drug-likeness (QED) is 0.436. The highest BCUT2D eigenvalue weighted by Gasteiger charge is 2.30. The number of halogens is 1. The maximum absolute atomic E-state index is 14.8. The standard InChI is InChI=1S/C28H36FN7O/c1-6-11-37-24-16-36(15-18(24)4)20-8-10-25(32-13-20)34-28-33-14-22(29)27(35-28)19-7-9-23(30)21(12-19)26(31-5)17(2)3/h7-10,12-14,17-18,24,30-31H,6,11,15-16H2,1-5H3,(H,32,33,34,35)/b26-21-,30-23?. The summed E-state index contributed by atoms with van der Waals surface area (Å²) in [6, 6.07) is 3.88. The summed E-state index contributed by atoms with van der Waals surface area (Å²) in [5.74, 6) is 0.931. The van der Waals surface area contributed by atoms with Gasteiger partial charge in [0.15, 0.2) is 5.82 Å². The normalized spacial score (nSPS) is 20.9. The van der Waals surface area contributed by atoms with Gasteiger partial charge in [-0.3, -0.25) is 0 Å². The van der Waals surface area contributed by atoms with Crippen molar-refractivity contribution in [3.63, 3.8) is 0 Å². The zero-order chi connectivity index (χ0) is 26.5. The first kappa shape index (κ1) is 26.5. The van der Waals surface area contributed by atoms with Crippen molar-refractivity contribution in [1.29, 1.82) is 5.41 Å². The summed E-state index contributed by atoms with van der Waals surface area (Å²) in [6.07, 6.45) is 9.39. The molecule has 1 aliphatic carbocycles. The number of aromatic nitrogens is 3. The smallest absolute Gasteiger partial charge is 0.229 e. The van der Waals surface area contributed by atoms with Gasteiger partial charge in [-0.1, -0.05) is 33.8 Å². The third-order valence-electron chi connectivity index (χ3n) is 6.61.